The molecule has 1 aliphatic rings. The predicted octanol–water partition coefficient (Wildman–Crippen LogP) is 3.13. The van der Waals surface area contributed by atoms with Crippen LogP contribution >= 0.6 is 31.9 Å². The summed E-state index contributed by atoms with van der Waals surface area (Å²) in [6, 6.07) is 7.50. The number of rotatable bonds is 4. The summed E-state index contributed by atoms with van der Waals surface area (Å²) < 4.78 is 11.5. The molecule has 0 unspecified atom stereocenters. The molecule has 1 heterocycles. The highest BCUT2D eigenvalue weighted by molar-refractivity contribution is 9.10. The predicted molar refractivity (Wildman–Crippen MR) is 71.8 cm³/mol. The third-order valence-corrected chi connectivity index (χ3v) is 3.16. The Balaban J connectivity index is 2.31. The molecule has 3 nitrogen and oxygen atoms in total. The summed E-state index contributed by atoms with van der Waals surface area (Å²) in [5, 5.41) is 0.721. The fourth-order valence-corrected chi connectivity index (χ4v) is 1.99. The van der Waals surface area contributed by atoms with Gasteiger partial charge in [0.15, 0.2) is 0 Å². The average Bonchev–Trinajstić information content (AvgIpc) is 2.69. The smallest absolute Gasteiger partial charge is 0.342 e. The van der Waals surface area contributed by atoms with Gasteiger partial charge >= 0.3 is 5.97 Å². The molecule has 90 valence electrons. The van der Waals surface area contributed by atoms with Crippen LogP contribution in [0.1, 0.15) is 5.56 Å². The van der Waals surface area contributed by atoms with Crippen molar-refractivity contribution < 1.29 is 14.3 Å². The Morgan fingerprint density at radius 2 is 2.00 bits per heavy atom. The van der Waals surface area contributed by atoms with Crippen molar-refractivity contribution in [3.8, 4) is 0 Å². The van der Waals surface area contributed by atoms with Gasteiger partial charge < -0.3 is 9.47 Å². The lowest BCUT2D eigenvalue weighted by atomic mass is 10.1. The highest BCUT2D eigenvalue weighted by Gasteiger charge is 2.27. The van der Waals surface area contributed by atoms with E-state index in [2.05, 4.69) is 31.9 Å². The lowest BCUT2D eigenvalue weighted by molar-refractivity contribution is -0.134. The molecule has 1 aromatic rings. The average molecular weight is 362 g/mol. The molecule has 0 saturated carbocycles. The Morgan fingerprint density at radius 3 is 2.65 bits per heavy atom. The number of ether oxygens (including phenoxy) is 2. The molecule has 17 heavy (non-hydrogen) atoms. The summed E-state index contributed by atoms with van der Waals surface area (Å²) in [7, 11) is 0. The fourth-order valence-electron chi connectivity index (χ4n) is 1.56. The van der Waals surface area contributed by atoms with Crippen LogP contribution < -0.4 is 0 Å². The largest absolute Gasteiger partial charge is 0.492 e. The molecule has 0 aromatic heterocycles. The lowest BCUT2D eigenvalue weighted by Crippen LogP contribution is -2.00. The maximum absolute atomic E-state index is 11.6. The SMILES string of the molecule is O=C1OCC(OCCBr)=C1c1ccc(Br)cc1. The quantitative estimate of drug-likeness (QED) is 0.610. The molecule has 0 N–H and O–H groups in total. The third kappa shape index (κ3) is 2.90. The number of carbonyl (C=O) groups is 1. The van der Waals surface area contributed by atoms with Gasteiger partial charge in [-0.3, -0.25) is 0 Å². The molecule has 5 heteroatoms. The van der Waals surface area contributed by atoms with Gasteiger partial charge in [-0.05, 0) is 17.7 Å². The van der Waals surface area contributed by atoms with Crippen molar-refractivity contribution in [3.05, 3.63) is 40.1 Å². The van der Waals surface area contributed by atoms with E-state index in [1.165, 1.54) is 0 Å². The van der Waals surface area contributed by atoms with Crippen LogP contribution in [-0.4, -0.2) is 24.5 Å². The van der Waals surface area contributed by atoms with Gasteiger partial charge in [0, 0.05) is 9.80 Å². The molecule has 2 rings (SSSR count). The minimum absolute atomic E-state index is 0.219. The molecule has 1 aliphatic heterocycles. The Kier molecular flexibility index (Phi) is 4.23. The van der Waals surface area contributed by atoms with Crippen molar-refractivity contribution in [2.45, 2.75) is 0 Å². The van der Waals surface area contributed by atoms with Gasteiger partial charge in [0.1, 0.15) is 17.9 Å². The molecule has 0 spiro atoms. The highest BCUT2D eigenvalue weighted by atomic mass is 79.9. The van der Waals surface area contributed by atoms with Crippen molar-refractivity contribution in [2.75, 3.05) is 18.5 Å². The van der Waals surface area contributed by atoms with Gasteiger partial charge in [-0.2, -0.15) is 0 Å². The van der Waals surface area contributed by atoms with Crippen LogP contribution in [0.5, 0.6) is 0 Å². The summed E-state index contributed by atoms with van der Waals surface area (Å²) in [4.78, 5) is 11.6. The van der Waals surface area contributed by atoms with Crippen molar-refractivity contribution in [1.29, 1.82) is 0 Å². The summed E-state index contributed by atoms with van der Waals surface area (Å²) in [6.07, 6.45) is 0. The van der Waals surface area contributed by atoms with Crippen molar-refractivity contribution in [2.24, 2.45) is 0 Å². The van der Waals surface area contributed by atoms with E-state index in [4.69, 9.17) is 9.47 Å². The summed E-state index contributed by atoms with van der Waals surface area (Å²) in [6.45, 7) is 0.739. The minimum Gasteiger partial charge on any atom is -0.492 e. The van der Waals surface area contributed by atoms with Crippen LogP contribution in [0.4, 0.5) is 0 Å². The molecule has 0 radical (unpaired) electrons. The maximum atomic E-state index is 11.6. The number of hydrogen-bond donors (Lipinski definition) is 0. The molecule has 0 bridgehead atoms. The van der Waals surface area contributed by atoms with Crippen LogP contribution in [0, 0.1) is 0 Å². The monoisotopic (exact) mass is 360 g/mol. The van der Waals surface area contributed by atoms with Crippen molar-refractivity contribution in [1.82, 2.24) is 0 Å². The number of benzene rings is 1. The normalized spacial score (nSPS) is 15.1. The van der Waals surface area contributed by atoms with Gasteiger partial charge in [0.05, 0.1) is 6.61 Å². The Labute approximate surface area is 116 Å². The van der Waals surface area contributed by atoms with E-state index in [0.29, 0.717) is 17.9 Å². The molecule has 0 saturated heterocycles. The van der Waals surface area contributed by atoms with Gasteiger partial charge in [-0.15, -0.1) is 0 Å². The number of alkyl halides is 1. The summed E-state index contributed by atoms with van der Waals surface area (Å²) >= 11 is 6.63. The summed E-state index contributed by atoms with van der Waals surface area (Å²) in [5.74, 6) is 0.286. The van der Waals surface area contributed by atoms with E-state index >= 15 is 0 Å². The van der Waals surface area contributed by atoms with Crippen LogP contribution in [0.15, 0.2) is 34.5 Å². The zero-order valence-corrected chi connectivity index (χ0v) is 12.1. The van der Waals surface area contributed by atoms with Gasteiger partial charge in [-0.25, -0.2) is 4.79 Å². The number of esters is 1. The van der Waals surface area contributed by atoms with Crippen LogP contribution in [0.3, 0.4) is 0 Å². The Bertz CT molecular complexity index is 451. The first-order chi connectivity index (χ1) is 8.22. The second-order valence-corrected chi connectivity index (χ2v) is 5.13. The lowest BCUT2D eigenvalue weighted by Gasteiger charge is -2.05. The van der Waals surface area contributed by atoms with Gasteiger partial charge in [0.2, 0.25) is 0 Å². The van der Waals surface area contributed by atoms with E-state index in [-0.39, 0.29) is 12.6 Å². The van der Waals surface area contributed by atoms with Crippen LogP contribution in [0.25, 0.3) is 5.57 Å². The van der Waals surface area contributed by atoms with E-state index in [1.807, 2.05) is 24.3 Å². The summed E-state index contributed by atoms with van der Waals surface area (Å²) in [5.41, 5.74) is 1.35. The maximum Gasteiger partial charge on any atom is 0.342 e. The Morgan fingerprint density at radius 1 is 1.29 bits per heavy atom. The first kappa shape index (κ1) is 12.6. The van der Waals surface area contributed by atoms with E-state index < -0.39 is 0 Å². The fraction of sp³-hybridized carbons (Fsp3) is 0.250. The molecule has 0 atom stereocenters. The second kappa shape index (κ2) is 5.69. The molecule has 1 aromatic carbocycles. The number of hydrogen-bond acceptors (Lipinski definition) is 3. The highest BCUT2D eigenvalue weighted by Crippen LogP contribution is 2.27. The van der Waals surface area contributed by atoms with E-state index in [0.717, 1.165) is 15.4 Å². The molecular formula is C12H10Br2O3. The van der Waals surface area contributed by atoms with Gasteiger partial charge in [-0.1, -0.05) is 44.0 Å². The van der Waals surface area contributed by atoms with Crippen LogP contribution in [0.2, 0.25) is 0 Å². The molecule has 0 aliphatic carbocycles. The minimum atomic E-state index is -0.322. The number of halogens is 2. The van der Waals surface area contributed by atoms with Crippen LogP contribution in [-0.2, 0) is 14.3 Å². The van der Waals surface area contributed by atoms with Gasteiger partial charge in [0.25, 0.3) is 0 Å². The number of carbonyl (C=O) groups excluding carboxylic acids is 1. The van der Waals surface area contributed by atoms with Crippen molar-refractivity contribution in [3.63, 3.8) is 0 Å². The molecule has 0 fully saturated rings. The van der Waals surface area contributed by atoms with E-state index in [1.54, 1.807) is 0 Å². The third-order valence-electron chi connectivity index (χ3n) is 2.30. The zero-order chi connectivity index (χ0) is 12.3. The Hall–Kier alpha value is -0.810. The topological polar surface area (TPSA) is 35.5 Å². The first-order valence-electron chi connectivity index (χ1n) is 5.07. The first-order valence-corrected chi connectivity index (χ1v) is 6.99. The zero-order valence-electron chi connectivity index (χ0n) is 8.91. The number of cyclic esters (lactones) is 1. The molecule has 0 amide bonds. The van der Waals surface area contributed by atoms with E-state index in [9.17, 15) is 4.79 Å². The second-order valence-electron chi connectivity index (χ2n) is 3.42. The van der Waals surface area contributed by atoms with Crippen molar-refractivity contribution >= 4 is 43.4 Å². The standard InChI is InChI=1S/C12H10Br2O3/c13-5-6-16-10-7-17-12(15)11(10)8-1-3-9(14)4-2-8/h1-4H,5-7H2. The molecular weight excluding hydrogens is 352 g/mol.